The lowest BCUT2D eigenvalue weighted by Gasteiger charge is -2.35. The van der Waals surface area contributed by atoms with Gasteiger partial charge in [-0.05, 0) is 29.2 Å². The second-order valence-electron chi connectivity index (χ2n) is 7.65. The predicted molar refractivity (Wildman–Crippen MR) is 109 cm³/mol. The molecule has 0 bridgehead atoms. The van der Waals surface area contributed by atoms with Gasteiger partial charge in [-0.25, -0.2) is 0 Å². The molecule has 2 aromatic rings. The molecular weight excluding hydrogens is 352 g/mol. The number of nitrogens with zero attached hydrogens (tertiary/aromatic N) is 2. The fraction of sp³-hybridized carbons (Fsp3) is 0.435. The van der Waals surface area contributed by atoms with Gasteiger partial charge < -0.3 is 14.4 Å². The second-order valence-corrected chi connectivity index (χ2v) is 7.65. The van der Waals surface area contributed by atoms with Gasteiger partial charge in [-0.2, -0.15) is 0 Å². The van der Waals surface area contributed by atoms with Crippen molar-refractivity contribution in [1.82, 2.24) is 9.80 Å². The molecule has 2 aliphatic heterocycles. The summed E-state index contributed by atoms with van der Waals surface area (Å²) in [5.41, 5.74) is 2.45. The van der Waals surface area contributed by atoms with E-state index in [1.807, 2.05) is 29.2 Å². The quantitative estimate of drug-likeness (QED) is 0.798. The van der Waals surface area contributed by atoms with Crippen molar-refractivity contribution in [3.8, 4) is 11.5 Å². The highest BCUT2D eigenvalue weighted by Gasteiger charge is 2.23. The zero-order valence-electron chi connectivity index (χ0n) is 16.5. The standard InChI is InChI=1S/C23H28N2O3/c1-18(20-7-8-21-22(16-20)28-14-13-27-21)15-23(26)25-11-9-24(10-12-25)17-19-5-3-2-4-6-19/h2-8,16,18H,9-15,17H2,1H3. The molecule has 28 heavy (non-hydrogen) atoms. The summed E-state index contributed by atoms with van der Waals surface area (Å²) in [6.45, 7) is 7.70. The predicted octanol–water partition coefficient (Wildman–Crippen LogP) is 3.30. The zero-order valence-corrected chi connectivity index (χ0v) is 16.5. The molecule has 1 unspecified atom stereocenters. The molecule has 1 saturated heterocycles. The van der Waals surface area contributed by atoms with Gasteiger partial charge >= 0.3 is 0 Å². The number of ether oxygens (including phenoxy) is 2. The first-order valence-corrected chi connectivity index (χ1v) is 10.1. The molecule has 2 aliphatic rings. The number of hydrogen-bond acceptors (Lipinski definition) is 4. The summed E-state index contributed by atoms with van der Waals surface area (Å²) in [5.74, 6) is 1.98. The molecular formula is C23H28N2O3. The Morgan fingerprint density at radius 2 is 1.68 bits per heavy atom. The lowest BCUT2D eigenvalue weighted by Crippen LogP contribution is -2.48. The monoisotopic (exact) mass is 380 g/mol. The van der Waals surface area contributed by atoms with Gasteiger partial charge in [0, 0.05) is 39.1 Å². The normalized spacial score (nSPS) is 18.0. The minimum absolute atomic E-state index is 0.158. The van der Waals surface area contributed by atoms with Crippen LogP contribution in [0.25, 0.3) is 0 Å². The van der Waals surface area contributed by atoms with Crippen molar-refractivity contribution >= 4 is 5.91 Å². The van der Waals surface area contributed by atoms with E-state index in [4.69, 9.17) is 9.47 Å². The second kappa shape index (κ2) is 8.65. The van der Waals surface area contributed by atoms with Crippen molar-refractivity contribution in [1.29, 1.82) is 0 Å². The Kier molecular flexibility index (Phi) is 5.81. The Hall–Kier alpha value is -2.53. The Balaban J connectivity index is 1.28. The van der Waals surface area contributed by atoms with Crippen LogP contribution >= 0.6 is 0 Å². The highest BCUT2D eigenvalue weighted by Crippen LogP contribution is 2.34. The number of carbonyl (C=O) groups is 1. The summed E-state index contributed by atoms with van der Waals surface area (Å²) in [7, 11) is 0. The molecule has 2 heterocycles. The largest absolute Gasteiger partial charge is 0.486 e. The third-order valence-electron chi connectivity index (χ3n) is 5.59. The van der Waals surface area contributed by atoms with Crippen LogP contribution in [0.5, 0.6) is 11.5 Å². The number of rotatable bonds is 5. The summed E-state index contributed by atoms with van der Waals surface area (Å²) in [6.07, 6.45) is 0.526. The van der Waals surface area contributed by atoms with Crippen molar-refractivity contribution in [2.75, 3.05) is 39.4 Å². The van der Waals surface area contributed by atoms with E-state index in [0.717, 1.165) is 49.8 Å². The molecule has 5 nitrogen and oxygen atoms in total. The molecule has 0 spiro atoms. The van der Waals surface area contributed by atoms with Crippen molar-refractivity contribution < 1.29 is 14.3 Å². The Labute approximate surface area is 166 Å². The minimum Gasteiger partial charge on any atom is -0.486 e. The van der Waals surface area contributed by atoms with E-state index >= 15 is 0 Å². The van der Waals surface area contributed by atoms with Gasteiger partial charge in [0.15, 0.2) is 11.5 Å². The SMILES string of the molecule is CC(CC(=O)N1CCN(Cc2ccccc2)CC1)c1ccc2c(c1)OCCO2. The molecule has 0 aliphatic carbocycles. The van der Waals surface area contributed by atoms with Gasteiger partial charge in [0.05, 0.1) is 0 Å². The van der Waals surface area contributed by atoms with E-state index in [1.165, 1.54) is 5.56 Å². The smallest absolute Gasteiger partial charge is 0.223 e. The molecule has 0 N–H and O–H groups in total. The molecule has 0 saturated carbocycles. The average Bonchev–Trinajstić information content (AvgIpc) is 2.74. The highest BCUT2D eigenvalue weighted by molar-refractivity contribution is 5.77. The van der Waals surface area contributed by atoms with E-state index in [9.17, 15) is 4.79 Å². The van der Waals surface area contributed by atoms with Crippen LogP contribution in [0.15, 0.2) is 48.5 Å². The first-order chi connectivity index (χ1) is 13.7. The van der Waals surface area contributed by atoms with Crippen molar-refractivity contribution in [2.45, 2.75) is 25.8 Å². The average molecular weight is 380 g/mol. The lowest BCUT2D eigenvalue weighted by atomic mass is 9.96. The van der Waals surface area contributed by atoms with Crippen molar-refractivity contribution in [3.63, 3.8) is 0 Å². The Morgan fingerprint density at radius 1 is 0.964 bits per heavy atom. The Bertz CT molecular complexity index is 801. The molecule has 5 heteroatoms. The van der Waals surface area contributed by atoms with E-state index in [1.54, 1.807) is 0 Å². The first kappa shape index (κ1) is 18.8. The Morgan fingerprint density at radius 3 is 2.43 bits per heavy atom. The van der Waals surface area contributed by atoms with Gasteiger partial charge in [0.2, 0.25) is 5.91 Å². The maximum Gasteiger partial charge on any atom is 0.223 e. The minimum atomic E-state index is 0.158. The number of piperazine rings is 1. The van der Waals surface area contributed by atoms with E-state index in [2.05, 4.69) is 36.1 Å². The maximum absolute atomic E-state index is 12.8. The van der Waals surface area contributed by atoms with Crippen LogP contribution in [0.4, 0.5) is 0 Å². The number of hydrogen-bond donors (Lipinski definition) is 0. The van der Waals surface area contributed by atoms with E-state index < -0.39 is 0 Å². The van der Waals surface area contributed by atoms with Crippen LogP contribution in [0.3, 0.4) is 0 Å². The van der Waals surface area contributed by atoms with Crippen LogP contribution < -0.4 is 9.47 Å². The van der Waals surface area contributed by atoms with Crippen LogP contribution in [-0.4, -0.2) is 55.1 Å². The topological polar surface area (TPSA) is 42.0 Å². The lowest BCUT2D eigenvalue weighted by molar-refractivity contribution is -0.133. The number of carbonyl (C=O) groups excluding carboxylic acids is 1. The fourth-order valence-electron chi connectivity index (χ4n) is 3.87. The van der Waals surface area contributed by atoms with E-state index in [-0.39, 0.29) is 11.8 Å². The van der Waals surface area contributed by atoms with Crippen molar-refractivity contribution in [2.24, 2.45) is 0 Å². The molecule has 148 valence electrons. The van der Waals surface area contributed by atoms with E-state index in [0.29, 0.717) is 19.6 Å². The molecule has 0 radical (unpaired) electrons. The zero-order chi connectivity index (χ0) is 19.3. The summed E-state index contributed by atoms with van der Waals surface area (Å²) in [6, 6.07) is 16.5. The molecule has 0 aromatic heterocycles. The summed E-state index contributed by atoms with van der Waals surface area (Å²) in [5, 5.41) is 0. The van der Waals surface area contributed by atoms with Crippen LogP contribution in [0, 0.1) is 0 Å². The maximum atomic E-state index is 12.8. The summed E-state index contributed by atoms with van der Waals surface area (Å²) >= 11 is 0. The highest BCUT2D eigenvalue weighted by atomic mass is 16.6. The number of amides is 1. The fourth-order valence-corrected chi connectivity index (χ4v) is 3.87. The third kappa shape index (κ3) is 4.47. The molecule has 2 aromatic carbocycles. The number of benzene rings is 2. The van der Waals surface area contributed by atoms with Gasteiger partial charge in [-0.15, -0.1) is 0 Å². The van der Waals surface area contributed by atoms with Crippen LogP contribution in [0.1, 0.15) is 30.4 Å². The summed E-state index contributed by atoms with van der Waals surface area (Å²) in [4.78, 5) is 17.2. The van der Waals surface area contributed by atoms with Crippen molar-refractivity contribution in [3.05, 3.63) is 59.7 Å². The van der Waals surface area contributed by atoms with Gasteiger partial charge in [0.25, 0.3) is 0 Å². The summed E-state index contributed by atoms with van der Waals surface area (Å²) < 4.78 is 11.3. The van der Waals surface area contributed by atoms with Crippen LogP contribution in [-0.2, 0) is 11.3 Å². The third-order valence-corrected chi connectivity index (χ3v) is 5.59. The van der Waals surface area contributed by atoms with Crippen LogP contribution in [0.2, 0.25) is 0 Å². The van der Waals surface area contributed by atoms with Gasteiger partial charge in [-0.1, -0.05) is 43.3 Å². The number of fused-ring (bicyclic) bond motifs is 1. The molecule has 1 amide bonds. The first-order valence-electron chi connectivity index (χ1n) is 10.1. The molecule has 4 rings (SSSR count). The van der Waals surface area contributed by atoms with Gasteiger partial charge in [-0.3, -0.25) is 9.69 Å². The molecule has 1 fully saturated rings. The molecule has 1 atom stereocenters. The van der Waals surface area contributed by atoms with Gasteiger partial charge in [0.1, 0.15) is 13.2 Å².